The molecule has 1 aliphatic heterocycles. The van der Waals surface area contributed by atoms with Crippen LogP contribution in [0.3, 0.4) is 0 Å². The van der Waals surface area contributed by atoms with Gasteiger partial charge >= 0.3 is 5.97 Å². The fourth-order valence-corrected chi connectivity index (χ4v) is 3.89. The van der Waals surface area contributed by atoms with Gasteiger partial charge in [-0.05, 0) is 42.0 Å². The highest BCUT2D eigenvalue weighted by Gasteiger charge is 2.32. The first-order valence-electron chi connectivity index (χ1n) is 7.04. The first-order chi connectivity index (χ1) is 11.8. The number of carbonyl (C=O) groups is 2. The number of carboxylic acids is 1. The molecule has 1 heterocycles. The standard InChI is InChI=1S/C17H11Cl2NO4S/c1-20-14-5-3-10(17(22)23)8-11(14)16(21)15(25(20)24)7-9-2-4-12(18)13(19)6-9/h2-8H,1H3,(H,22,23)/b15-7+. The molecule has 128 valence electrons. The van der Waals surface area contributed by atoms with E-state index < -0.39 is 22.7 Å². The number of allylic oxidation sites excluding steroid dienone is 1. The Kier molecular flexibility index (Phi) is 4.69. The van der Waals surface area contributed by atoms with Crippen LogP contribution >= 0.6 is 23.2 Å². The van der Waals surface area contributed by atoms with Gasteiger partial charge in [0.1, 0.15) is 4.91 Å². The summed E-state index contributed by atoms with van der Waals surface area (Å²) < 4.78 is 14.1. The molecule has 0 saturated heterocycles. The fourth-order valence-electron chi connectivity index (χ4n) is 2.44. The molecule has 25 heavy (non-hydrogen) atoms. The summed E-state index contributed by atoms with van der Waals surface area (Å²) >= 11 is 11.8. The Hall–Kier alpha value is -2.15. The first-order valence-corrected chi connectivity index (χ1v) is 8.90. The number of carbonyl (C=O) groups excluding carboxylic acids is 1. The van der Waals surface area contributed by atoms with Gasteiger partial charge in [-0.1, -0.05) is 29.3 Å². The van der Waals surface area contributed by atoms with Crippen molar-refractivity contribution in [1.29, 1.82) is 0 Å². The normalized spacial score (nSPS) is 18.4. The molecule has 1 unspecified atom stereocenters. The van der Waals surface area contributed by atoms with E-state index in [1.807, 2.05) is 0 Å². The second-order valence-electron chi connectivity index (χ2n) is 5.29. The monoisotopic (exact) mass is 395 g/mol. The van der Waals surface area contributed by atoms with E-state index in [4.69, 9.17) is 28.3 Å². The third-order valence-corrected chi connectivity index (χ3v) is 5.84. The van der Waals surface area contributed by atoms with Crippen LogP contribution in [-0.2, 0) is 11.0 Å². The molecule has 1 N–H and O–H groups in total. The minimum absolute atomic E-state index is 0.0120. The van der Waals surface area contributed by atoms with Gasteiger partial charge in [-0.25, -0.2) is 9.00 Å². The Morgan fingerprint density at radius 1 is 1.16 bits per heavy atom. The number of fused-ring (bicyclic) bond motifs is 1. The molecule has 5 nitrogen and oxygen atoms in total. The van der Waals surface area contributed by atoms with Crippen molar-refractivity contribution in [3.63, 3.8) is 0 Å². The number of hydrogen-bond acceptors (Lipinski definition) is 3. The topological polar surface area (TPSA) is 74.7 Å². The van der Waals surface area contributed by atoms with Gasteiger partial charge in [-0.15, -0.1) is 0 Å². The van der Waals surface area contributed by atoms with Gasteiger partial charge in [-0.2, -0.15) is 0 Å². The lowest BCUT2D eigenvalue weighted by atomic mass is 10.0. The number of ketones is 1. The third kappa shape index (κ3) is 3.20. The van der Waals surface area contributed by atoms with Gasteiger partial charge in [0, 0.05) is 12.6 Å². The number of aromatic carboxylic acids is 1. The summed E-state index contributed by atoms with van der Waals surface area (Å²) in [5.41, 5.74) is 1.16. The molecule has 0 fully saturated rings. The molecule has 2 aromatic carbocycles. The molecular weight excluding hydrogens is 385 g/mol. The molecule has 0 amide bonds. The van der Waals surface area contributed by atoms with E-state index in [-0.39, 0.29) is 16.0 Å². The second-order valence-corrected chi connectivity index (χ2v) is 7.60. The number of benzene rings is 2. The zero-order chi connectivity index (χ0) is 18.3. The summed E-state index contributed by atoms with van der Waals surface area (Å²) in [6.45, 7) is 0. The summed E-state index contributed by atoms with van der Waals surface area (Å²) in [6.07, 6.45) is 1.47. The summed E-state index contributed by atoms with van der Waals surface area (Å²) in [4.78, 5) is 24.0. The summed E-state index contributed by atoms with van der Waals surface area (Å²) in [6, 6.07) is 8.92. The Morgan fingerprint density at radius 3 is 2.52 bits per heavy atom. The van der Waals surface area contributed by atoms with E-state index >= 15 is 0 Å². The van der Waals surface area contributed by atoms with Gasteiger partial charge in [-0.3, -0.25) is 9.10 Å². The number of nitrogens with zero attached hydrogens (tertiary/aromatic N) is 1. The average molecular weight is 396 g/mol. The maximum atomic E-state index is 12.8. The number of Topliss-reactive ketones (excluding diaryl/α,β-unsaturated/α-hetero) is 1. The third-order valence-electron chi connectivity index (χ3n) is 3.73. The van der Waals surface area contributed by atoms with Crippen LogP contribution in [0.1, 0.15) is 26.3 Å². The molecule has 2 aromatic rings. The zero-order valence-corrected chi connectivity index (χ0v) is 15.2. The molecule has 0 aliphatic carbocycles. The van der Waals surface area contributed by atoms with Crippen LogP contribution < -0.4 is 4.31 Å². The zero-order valence-electron chi connectivity index (χ0n) is 12.8. The Morgan fingerprint density at radius 2 is 1.88 bits per heavy atom. The molecule has 8 heteroatoms. The number of hydrogen-bond donors (Lipinski definition) is 1. The number of halogens is 2. The van der Waals surface area contributed by atoms with Crippen LogP contribution in [-0.4, -0.2) is 28.1 Å². The van der Waals surface area contributed by atoms with Crippen molar-refractivity contribution in [3.05, 3.63) is 68.0 Å². The highest BCUT2D eigenvalue weighted by Crippen LogP contribution is 2.34. The van der Waals surface area contributed by atoms with Crippen LogP contribution in [0, 0.1) is 0 Å². The molecule has 0 saturated carbocycles. The van der Waals surface area contributed by atoms with E-state index in [1.165, 1.54) is 28.6 Å². The summed E-state index contributed by atoms with van der Waals surface area (Å²) in [7, 11) is -0.149. The van der Waals surface area contributed by atoms with Crippen LogP contribution in [0.4, 0.5) is 5.69 Å². The van der Waals surface area contributed by atoms with Crippen molar-refractivity contribution in [3.8, 4) is 0 Å². The average Bonchev–Trinajstić information content (AvgIpc) is 2.59. The minimum Gasteiger partial charge on any atom is -0.478 e. The van der Waals surface area contributed by atoms with Crippen molar-refractivity contribution in [2.45, 2.75) is 0 Å². The largest absolute Gasteiger partial charge is 0.478 e. The van der Waals surface area contributed by atoms with Crippen LogP contribution in [0.5, 0.6) is 0 Å². The minimum atomic E-state index is -1.72. The van der Waals surface area contributed by atoms with E-state index in [0.717, 1.165) is 0 Å². The Bertz CT molecular complexity index is 971. The molecule has 1 aliphatic rings. The summed E-state index contributed by atoms with van der Waals surface area (Å²) in [5.74, 6) is -1.62. The number of carboxylic acid groups (broad SMARTS) is 1. The maximum absolute atomic E-state index is 12.8. The Labute approximate surface area is 156 Å². The second kappa shape index (κ2) is 6.63. The Balaban J connectivity index is 2.13. The van der Waals surface area contributed by atoms with Gasteiger partial charge < -0.3 is 5.11 Å². The highest BCUT2D eigenvalue weighted by atomic mass is 35.5. The van der Waals surface area contributed by atoms with Crippen LogP contribution in [0.25, 0.3) is 6.08 Å². The van der Waals surface area contributed by atoms with E-state index in [9.17, 15) is 13.8 Å². The van der Waals surface area contributed by atoms with Crippen molar-refractivity contribution in [2.24, 2.45) is 0 Å². The van der Waals surface area contributed by atoms with E-state index in [1.54, 1.807) is 25.2 Å². The molecule has 0 aromatic heterocycles. The van der Waals surface area contributed by atoms with Crippen molar-refractivity contribution in [1.82, 2.24) is 0 Å². The van der Waals surface area contributed by atoms with Gasteiger partial charge in [0.2, 0.25) is 5.78 Å². The lowest BCUT2D eigenvalue weighted by Crippen LogP contribution is -2.31. The van der Waals surface area contributed by atoms with E-state index in [0.29, 0.717) is 21.3 Å². The SMILES string of the molecule is CN1c2ccc(C(=O)O)cc2C(=O)/C(=C\c2ccc(Cl)c(Cl)c2)S1=O. The highest BCUT2D eigenvalue weighted by molar-refractivity contribution is 7.91. The lowest BCUT2D eigenvalue weighted by Gasteiger charge is -2.27. The molecule has 0 radical (unpaired) electrons. The maximum Gasteiger partial charge on any atom is 0.335 e. The van der Waals surface area contributed by atoms with Crippen molar-refractivity contribution >= 4 is 57.7 Å². The summed E-state index contributed by atoms with van der Waals surface area (Å²) in [5, 5.41) is 9.80. The molecule has 0 spiro atoms. The molecule has 3 rings (SSSR count). The molecule has 1 atom stereocenters. The number of anilines is 1. The van der Waals surface area contributed by atoms with E-state index in [2.05, 4.69) is 0 Å². The van der Waals surface area contributed by atoms with Crippen LogP contribution in [0.15, 0.2) is 41.3 Å². The molecule has 0 bridgehead atoms. The lowest BCUT2D eigenvalue weighted by molar-refractivity contribution is 0.0697. The van der Waals surface area contributed by atoms with Gasteiger partial charge in [0.15, 0.2) is 11.0 Å². The predicted octanol–water partition coefficient (Wildman–Crippen LogP) is 4.03. The van der Waals surface area contributed by atoms with Crippen molar-refractivity contribution < 1.29 is 18.9 Å². The smallest absolute Gasteiger partial charge is 0.335 e. The van der Waals surface area contributed by atoms with Gasteiger partial charge in [0.25, 0.3) is 0 Å². The quantitative estimate of drug-likeness (QED) is 0.778. The number of rotatable bonds is 2. The van der Waals surface area contributed by atoms with Crippen molar-refractivity contribution in [2.75, 3.05) is 11.4 Å². The first kappa shape index (κ1) is 17.7. The molecular formula is C17H11Cl2NO4S. The fraction of sp³-hybridized carbons (Fsp3) is 0.0588. The van der Waals surface area contributed by atoms with Gasteiger partial charge in [0.05, 0.1) is 21.3 Å². The predicted molar refractivity (Wildman–Crippen MR) is 98.7 cm³/mol. The van der Waals surface area contributed by atoms with Crippen LogP contribution in [0.2, 0.25) is 10.0 Å².